The highest BCUT2D eigenvalue weighted by atomic mass is 16.5. The van der Waals surface area contributed by atoms with Crippen molar-refractivity contribution in [3.8, 4) is 11.3 Å². The minimum Gasteiger partial charge on any atom is -0.454 e. The number of aromatic nitrogens is 1. The van der Waals surface area contributed by atoms with Crippen LogP contribution >= 0.6 is 0 Å². The van der Waals surface area contributed by atoms with E-state index in [2.05, 4.69) is 13.0 Å². The number of aryl methyl sites for hydroxylation is 4. The number of esters is 1. The SMILES string of the molecule is Cc1ccc(C)c(C(=O)COC(=O)c2cc(-c3ccc(C)c(C)c3)nc3ccccc23)c1. The van der Waals surface area contributed by atoms with Crippen LogP contribution in [0, 0.1) is 27.7 Å². The van der Waals surface area contributed by atoms with Gasteiger partial charge in [0.25, 0.3) is 0 Å². The Morgan fingerprint density at radius 2 is 1.53 bits per heavy atom. The van der Waals surface area contributed by atoms with E-state index in [0.29, 0.717) is 27.7 Å². The summed E-state index contributed by atoms with van der Waals surface area (Å²) in [6.45, 7) is 7.61. The van der Waals surface area contributed by atoms with Gasteiger partial charge in [0.1, 0.15) is 0 Å². The van der Waals surface area contributed by atoms with E-state index in [1.54, 1.807) is 6.07 Å². The van der Waals surface area contributed by atoms with Gasteiger partial charge in [-0.05, 0) is 68.7 Å². The number of benzene rings is 3. The summed E-state index contributed by atoms with van der Waals surface area (Å²) in [6, 6.07) is 21.0. The third-order valence-electron chi connectivity index (χ3n) is 5.77. The van der Waals surface area contributed by atoms with E-state index in [9.17, 15) is 9.59 Å². The maximum absolute atomic E-state index is 13.0. The molecule has 0 saturated carbocycles. The third-order valence-corrected chi connectivity index (χ3v) is 5.77. The number of fused-ring (bicyclic) bond motifs is 1. The Hall–Kier alpha value is -3.79. The number of carbonyl (C=O) groups excluding carboxylic acids is 2. The molecule has 0 saturated heterocycles. The Balaban J connectivity index is 1.66. The summed E-state index contributed by atoms with van der Waals surface area (Å²) in [7, 11) is 0. The lowest BCUT2D eigenvalue weighted by atomic mass is 10.0. The average Bonchev–Trinajstić information content (AvgIpc) is 2.79. The number of para-hydroxylation sites is 1. The lowest BCUT2D eigenvalue weighted by Gasteiger charge is -2.11. The normalized spacial score (nSPS) is 10.9. The zero-order valence-electron chi connectivity index (χ0n) is 18.7. The summed E-state index contributed by atoms with van der Waals surface area (Å²) < 4.78 is 5.46. The van der Waals surface area contributed by atoms with Crippen LogP contribution in [0.15, 0.2) is 66.7 Å². The van der Waals surface area contributed by atoms with E-state index in [4.69, 9.17) is 9.72 Å². The second-order valence-corrected chi connectivity index (χ2v) is 8.19. The van der Waals surface area contributed by atoms with Crippen molar-refractivity contribution in [2.75, 3.05) is 6.61 Å². The first-order valence-corrected chi connectivity index (χ1v) is 10.6. The predicted molar refractivity (Wildman–Crippen MR) is 127 cm³/mol. The van der Waals surface area contributed by atoms with Gasteiger partial charge in [0.15, 0.2) is 6.61 Å². The van der Waals surface area contributed by atoms with Crippen LogP contribution in [-0.2, 0) is 4.74 Å². The lowest BCUT2D eigenvalue weighted by Crippen LogP contribution is -2.16. The van der Waals surface area contributed by atoms with Gasteiger partial charge in [-0.25, -0.2) is 9.78 Å². The zero-order valence-corrected chi connectivity index (χ0v) is 18.7. The fourth-order valence-electron chi connectivity index (χ4n) is 3.72. The molecular weight excluding hydrogens is 398 g/mol. The number of Topliss-reactive ketones (excluding diaryl/α,β-unsaturated/α-hetero) is 1. The van der Waals surface area contributed by atoms with E-state index in [1.807, 2.05) is 75.4 Å². The van der Waals surface area contributed by atoms with Gasteiger partial charge in [0.2, 0.25) is 5.78 Å². The largest absolute Gasteiger partial charge is 0.454 e. The smallest absolute Gasteiger partial charge is 0.339 e. The molecule has 0 aliphatic rings. The fraction of sp³-hybridized carbons (Fsp3) is 0.179. The standard InChI is InChI=1S/C28H25NO3/c1-17-9-10-19(3)23(13-17)27(30)16-32-28(31)24-15-26(21-12-11-18(2)20(4)14-21)29-25-8-6-5-7-22(24)25/h5-15H,16H2,1-4H3. The average molecular weight is 424 g/mol. The molecule has 0 bridgehead atoms. The number of ether oxygens (including phenoxy) is 1. The first kappa shape index (κ1) is 21.4. The molecule has 0 atom stereocenters. The van der Waals surface area contributed by atoms with Gasteiger partial charge in [-0.3, -0.25) is 4.79 Å². The Labute approximate surface area is 187 Å². The highest BCUT2D eigenvalue weighted by Gasteiger charge is 2.18. The molecule has 0 aliphatic heterocycles. The molecular formula is C28H25NO3. The van der Waals surface area contributed by atoms with Crippen LogP contribution in [-0.4, -0.2) is 23.3 Å². The topological polar surface area (TPSA) is 56.3 Å². The number of nitrogens with zero attached hydrogens (tertiary/aromatic N) is 1. The van der Waals surface area contributed by atoms with Crippen LogP contribution in [0.4, 0.5) is 0 Å². The predicted octanol–water partition coefficient (Wildman–Crippen LogP) is 6.18. The van der Waals surface area contributed by atoms with Gasteiger partial charge >= 0.3 is 5.97 Å². The van der Waals surface area contributed by atoms with Gasteiger partial charge in [-0.15, -0.1) is 0 Å². The van der Waals surface area contributed by atoms with E-state index < -0.39 is 5.97 Å². The molecule has 1 heterocycles. The van der Waals surface area contributed by atoms with Gasteiger partial charge < -0.3 is 4.74 Å². The minimum atomic E-state index is -0.535. The highest BCUT2D eigenvalue weighted by molar-refractivity contribution is 6.06. The third kappa shape index (κ3) is 4.30. The molecule has 0 spiro atoms. The van der Waals surface area contributed by atoms with Crippen LogP contribution in [0.5, 0.6) is 0 Å². The Morgan fingerprint density at radius 1 is 0.781 bits per heavy atom. The first-order valence-electron chi connectivity index (χ1n) is 10.6. The fourth-order valence-corrected chi connectivity index (χ4v) is 3.72. The van der Waals surface area contributed by atoms with E-state index in [-0.39, 0.29) is 12.4 Å². The number of hydrogen-bond donors (Lipinski definition) is 0. The van der Waals surface area contributed by atoms with Crippen molar-refractivity contribution in [2.24, 2.45) is 0 Å². The van der Waals surface area contributed by atoms with Gasteiger partial charge in [0, 0.05) is 16.5 Å². The van der Waals surface area contributed by atoms with Gasteiger partial charge in [-0.2, -0.15) is 0 Å². The number of pyridine rings is 1. The van der Waals surface area contributed by atoms with Crippen molar-refractivity contribution >= 4 is 22.7 Å². The Morgan fingerprint density at radius 3 is 2.31 bits per heavy atom. The molecule has 32 heavy (non-hydrogen) atoms. The monoisotopic (exact) mass is 423 g/mol. The van der Waals surface area contributed by atoms with Crippen molar-refractivity contribution in [3.05, 3.63) is 100 Å². The summed E-state index contributed by atoms with van der Waals surface area (Å²) in [5.41, 5.74) is 7.51. The van der Waals surface area contributed by atoms with Crippen molar-refractivity contribution in [2.45, 2.75) is 27.7 Å². The molecule has 0 radical (unpaired) electrons. The number of carbonyl (C=O) groups is 2. The number of ketones is 1. The van der Waals surface area contributed by atoms with E-state index in [1.165, 1.54) is 5.56 Å². The number of hydrogen-bond acceptors (Lipinski definition) is 4. The molecule has 0 aliphatic carbocycles. The lowest BCUT2D eigenvalue weighted by molar-refractivity contribution is 0.0476. The van der Waals surface area contributed by atoms with Crippen LogP contribution in [0.2, 0.25) is 0 Å². The second-order valence-electron chi connectivity index (χ2n) is 8.19. The first-order chi connectivity index (χ1) is 15.3. The summed E-state index contributed by atoms with van der Waals surface area (Å²) in [5, 5.41) is 0.698. The summed E-state index contributed by atoms with van der Waals surface area (Å²) >= 11 is 0. The second kappa shape index (κ2) is 8.75. The zero-order chi connectivity index (χ0) is 22.8. The van der Waals surface area contributed by atoms with Crippen molar-refractivity contribution in [1.82, 2.24) is 4.98 Å². The van der Waals surface area contributed by atoms with Crippen LogP contribution in [0.3, 0.4) is 0 Å². The molecule has 4 rings (SSSR count). The highest BCUT2D eigenvalue weighted by Crippen LogP contribution is 2.27. The maximum atomic E-state index is 13.0. The van der Waals surface area contributed by atoms with Gasteiger partial charge in [-0.1, -0.05) is 48.0 Å². The molecule has 3 aromatic carbocycles. The number of rotatable bonds is 5. The molecule has 4 nitrogen and oxygen atoms in total. The van der Waals surface area contributed by atoms with Crippen molar-refractivity contribution in [1.29, 1.82) is 0 Å². The Bertz CT molecular complexity index is 1350. The molecule has 160 valence electrons. The molecule has 4 aromatic rings. The van der Waals surface area contributed by atoms with Crippen molar-refractivity contribution < 1.29 is 14.3 Å². The summed E-state index contributed by atoms with van der Waals surface area (Å²) in [4.78, 5) is 30.5. The van der Waals surface area contributed by atoms with Crippen LogP contribution in [0.25, 0.3) is 22.2 Å². The van der Waals surface area contributed by atoms with E-state index >= 15 is 0 Å². The molecule has 0 fully saturated rings. The van der Waals surface area contributed by atoms with Crippen LogP contribution in [0.1, 0.15) is 43.0 Å². The minimum absolute atomic E-state index is 0.215. The van der Waals surface area contributed by atoms with Crippen LogP contribution < -0.4 is 0 Å². The molecule has 0 N–H and O–H groups in total. The molecule has 4 heteroatoms. The quantitative estimate of drug-likeness (QED) is 0.284. The van der Waals surface area contributed by atoms with Crippen molar-refractivity contribution in [3.63, 3.8) is 0 Å². The van der Waals surface area contributed by atoms with E-state index in [0.717, 1.165) is 22.3 Å². The molecule has 0 unspecified atom stereocenters. The molecule has 1 aromatic heterocycles. The van der Waals surface area contributed by atoms with Gasteiger partial charge in [0.05, 0.1) is 16.8 Å². The Kier molecular flexibility index (Phi) is 5.87. The maximum Gasteiger partial charge on any atom is 0.339 e. The summed E-state index contributed by atoms with van der Waals surface area (Å²) in [6.07, 6.45) is 0. The summed E-state index contributed by atoms with van der Waals surface area (Å²) in [5.74, 6) is -0.750. The molecule has 0 amide bonds.